The van der Waals surface area contributed by atoms with Crippen LogP contribution in [0.5, 0.6) is 0 Å². The topological polar surface area (TPSA) is 65.0 Å². The van der Waals surface area contributed by atoms with Gasteiger partial charge in [0.1, 0.15) is 0 Å². The predicted molar refractivity (Wildman–Crippen MR) is 141 cm³/mol. The van der Waals surface area contributed by atoms with Gasteiger partial charge in [-0.3, -0.25) is 0 Å². The molecular weight excluding hydrogens is 420 g/mol. The van der Waals surface area contributed by atoms with E-state index >= 15 is 0 Å². The van der Waals surface area contributed by atoms with E-state index in [4.69, 9.17) is 0 Å². The lowest BCUT2D eigenvalue weighted by atomic mass is 10.0. The van der Waals surface area contributed by atoms with Crippen LogP contribution >= 0.6 is 0 Å². The molecule has 0 atom stereocenters. The Labute approximate surface area is 202 Å². The lowest BCUT2D eigenvalue weighted by Gasteiger charge is -2.20. The van der Waals surface area contributed by atoms with Crippen LogP contribution in [-0.2, 0) is 12.8 Å². The number of unbranched alkanes of at least 4 members (excludes halogenated alkanes) is 1. The minimum absolute atomic E-state index is 0.734. The van der Waals surface area contributed by atoms with Crippen molar-refractivity contribution in [2.24, 2.45) is 25.4 Å². The van der Waals surface area contributed by atoms with Crippen LogP contribution in [0.3, 0.4) is 0 Å². The van der Waals surface area contributed by atoms with Crippen molar-refractivity contribution in [2.45, 2.75) is 46.5 Å². The minimum atomic E-state index is 0.734. The number of amidine groups is 1. The van der Waals surface area contributed by atoms with Crippen LogP contribution in [0.2, 0.25) is 0 Å². The smallest absolute Gasteiger partial charge is 0.155 e. The van der Waals surface area contributed by atoms with Gasteiger partial charge in [-0.15, -0.1) is 10.2 Å². The first-order valence-electron chi connectivity index (χ1n) is 12.2. The third-order valence-corrected chi connectivity index (χ3v) is 5.95. The van der Waals surface area contributed by atoms with E-state index in [1.165, 1.54) is 29.7 Å². The standard InChI is InChI=1S/C28H32N6/c1-4-7-8-21-9-18-27-22(19-21)20-28(29-27)33-32-24-12-10-23(11-13-24)30-31-25-14-16-26(17-15-25)34(5-2)6-3/h9-19H,4-8,20H2,1-3H3. The highest BCUT2D eigenvalue weighted by Crippen LogP contribution is 2.29. The zero-order chi connectivity index (χ0) is 23.8. The molecule has 3 aromatic carbocycles. The Morgan fingerprint density at radius 1 is 0.735 bits per heavy atom. The van der Waals surface area contributed by atoms with Gasteiger partial charge in [0, 0.05) is 25.2 Å². The van der Waals surface area contributed by atoms with Gasteiger partial charge in [0.2, 0.25) is 0 Å². The molecule has 0 amide bonds. The molecule has 34 heavy (non-hydrogen) atoms. The zero-order valence-electron chi connectivity index (χ0n) is 20.3. The van der Waals surface area contributed by atoms with E-state index < -0.39 is 0 Å². The number of fused-ring (bicyclic) bond motifs is 1. The number of aryl methyl sites for hydroxylation is 1. The van der Waals surface area contributed by atoms with Crippen LogP contribution in [0, 0.1) is 0 Å². The van der Waals surface area contributed by atoms with Crippen LogP contribution in [-0.4, -0.2) is 18.9 Å². The number of rotatable bonds is 9. The Morgan fingerprint density at radius 2 is 1.32 bits per heavy atom. The molecule has 0 aliphatic carbocycles. The quantitative estimate of drug-likeness (QED) is 0.299. The maximum absolute atomic E-state index is 4.62. The molecule has 1 aliphatic rings. The fourth-order valence-electron chi connectivity index (χ4n) is 3.97. The minimum Gasteiger partial charge on any atom is -0.372 e. The maximum Gasteiger partial charge on any atom is 0.155 e. The molecular formula is C28H32N6. The SMILES string of the molecule is CCCCc1ccc2c(c1)CC(N=Nc1ccc(N=Nc3ccc(N(CC)CC)cc3)cc1)=N2. The van der Waals surface area contributed by atoms with Crippen LogP contribution in [0.15, 0.2) is 92.2 Å². The second kappa shape index (κ2) is 11.5. The Hall–Kier alpha value is -3.67. The van der Waals surface area contributed by atoms with Gasteiger partial charge in [-0.05, 0) is 92.4 Å². The molecule has 6 nitrogen and oxygen atoms in total. The van der Waals surface area contributed by atoms with Crippen LogP contribution < -0.4 is 4.90 Å². The number of hydrogen-bond donors (Lipinski definition) is 0. The highest BCUT2D eigenvalue weighted by molar-refractivity contribution is 5.92. The summed E-state index contributed by atoms with van der Waals surface area (Å²) in [7, 11) is 0. The lowest BCUT2D eigenvalue weighted by molar-refractivity contribution is 0.794. The molecule has 0 fully saturated rings. The number of benzene rings is 3. The fourth-order valence-corrected chi connectivity index (χ4v) is 3.97. The number of nitrogens with zero attached hydrogens (tertiary/aromatic N) is 6. The summed E-state index contributed by atoms with van der Waals surface area (Å²) in [6.07, 6.45) is 4.27. The van der Waals surface area contributed by atoms with E-state index in [1.54, 1.807) is 0 Å². The maximum atomic E-state index is 4.62. The summed E-state index contributed by atoms with van der Waals surface area (Å²) < 4.78 is 0. The van der Waals surface area contributed by atoms with E-state index in [9.17, 15) is 0 Å². The van der Waals surface area contributed by atoms with E-state index in [2.05, 4.69) is 81.5 Å². The molecule has 0 unspecified atom stereocenters. The van der Waals surface area contributed by atoms with Crippen molar-refractivity contribution < 1.29 is 0 Å². The van der Waals surface area contributed by atoms with Gasteiger partial charge in [-0.1, -0.05) is 25.5 Å². The van der Waals surface area contributed by atoms with Gasteiger partial charge >= 0.3 is 0 Å². The molecule has 0 radical (unpaired) electrons. The Kier molecular flexibility index (Phi) is 7.91. The van der Waals surface area contributed by atoms with Crippen molar-refractivity contribution >= 4 is 34.3 Å². The van der Waals surface area contributed by atoms with E-state index in [-0.39, 0.29) is 0 Å². The number of azo groups is 2. The summed E-state index contributed by atoms with van der Waals surface area (Å²) in [5, 5.41) is 17.4. The Bertz CT molecular complexity index is 1170. The monoisotopic (exact) mass is 452 g/mol. The van der Waals surface area contributed by atoms with Crippen LogP contribution in [0.1, 0.15) is 44.7 Å². The first-order chi connectivity index (χ1) is 16.7. The highest BCUT2D eigenvalue weighted by Gasteiger charge is 2.14. The van der Waals surface area contributed by atoms with Crippen LogP contribution in [0.4, 0.5) is 28.4 Å². The van der Waals surface area contributed by atoms with Gasteiger partial charge in [-0.2, -0.15) is 10.2 Å². The van der Waals surface area contributed by atoms with Gasteiger partial charge in [0.05, 0.1) is 22.7 Å². The van der Waals surface area contributed by atoms with E-state index in [1.807, 2.05) is 36.4 Å². The Balaban J connectivity index is 1.34. The van der Waals surface area contributed by atoms with E-state index in [0.29, 0.717) is 0 Å². The molecule has 0 saturated heterocycles. The molecule has 0 aromatic heterocycles. The van der Waals surface area contributed by atoms with Crippen molar-refractivity contribution in [3.05, 3.63) is 77.9 Å². The first-order valence-corrected chi connectivity index (χ1v) is 12.2. The van der Waals surface area contributed by atoms with Crippen molar-refractivity contribution in [1.29, 1.82) is 0 Å². The number of aliphatic imine (C=N–C) groups is 1. The van der Waals surface area contributed by atoms with Gasteiger partial charge in [0.15, 0.2) is 5.84 Å². The first kappa shape index (κ1) is 23.5. The third-order valence-electron chi connectivity index (χ3n) is 5.95. The molecule has 0 N–H and O–H groups in total. The second-order valence-corrected chi connectivity index (χ2v) is 8.38. The molecule has 0 spiro atoms. The Morgan fingerprint density at radius 3 is 1.91 bits per heavy atom. The average molecular weight is 453 g/mol. The molecule has 3 aromatic rings. The zero-order valence-corrected chi connectivity index (χ0v) is 20.3. The molecule has 1 heterocycles. The van der Waals surface area contributed by atoms with Crippen molar-refractivity contribution in [2.75, 3.05) is 18.0 Å². The molecule has 6 heteroatoms. The van der Waals surface area contributed by atoms with Crippen molar-refractivity contribution in [3.8, 4) is 0 Å². The summed E-state index contributed by atoms with van der Waals surface area (Å²) in [6.45, 7) is 8.51. The fraction of sp³-hybridized carbons (Fsp3) is 0.321. The van der Waals surface area contributed by atoms with Crippen molar-refractivity contribution in [3.63, 3.8) is 0 Å². The van der Waals surface area contributed by atoms with Gasteiger partial charge < -0.3 is 4.90 Å². The summed E-state index contributed by atoms with van der Waals surface area (Å²) in [4.78, 5) is 6.92. The largest absolute Gasteiger partial charge is 0.372 e. The van der Waals surface area contributed by atoms with Crippen molar-refractivity contribution in [1.82, 2.24) is 0 Å². The molecule has 0 saturated carbocycles. The third kappa shape index (κ3) is 6.01. The number of hydrogen-bond acceptors (Lipinski definition) is 6. The summed E-state index contributed by atoms with van der Waals surface area (Å²) in [5.74, 6) is 0.750. The summed E-state index contributed by atoms with van der Waals surface area (Å²) in [5.41, 5.74) is 7.20. The summed E-state index contributed by atoms with van der Waals surface area (Å²) >= 11 is 0. The molecule has 0 bridgehead atoms. The van der Waals surface area contributed by atoms with Gasteiger partial charge in [-0.25, -0.2) is 4.99 Å². The lowest BCUT2D eigenvalue weighted by Crippen LogP contribution is -2.21. The van der Waals surface area contributed by atoms with Gasteiger partial charge in [0.25, 0.3) is 0 Å². The average Bonchev–Trinajstić information content (AvgIpc) is 3.29. The predicted octanol–water partition coefficient (Wildman–Crippen LogP) is 8.66. The second-order valence-electron chi connectivity index (χ2n) is 8.38. The summed E-state index contributed by atoms with van der Waals surface area (Å²) in [6, 6.07) is 22.3. The number of anilines is 1. The molecule has 1 aliphatic heterocycles. The van der Waals surface area contributed by atoms with E-state index in [0.717, 1.165) is 54.5 Å². The van der Waals surface area contributed by atoms with Crippen LogP contribution in [0.25, 0.3) is 0 Å². The normalized spacial score (nSPS) is 13.0. The molecule has 4 rings (SSSR count). The highest BCUT2D eigenvalue weighted by atomic mass is 15.2. The molecule has 174 valence electrons.